The van der Waals surface area contributed by atoms with Crippen molar-refractivity contribution in [3.63, 3.8) is 0 Å². The topological polar surface area (TPSA) is 86.8 Å². The molecule has 3 N–H and O–H groups in total. The van der Waals surface area contributed by atoms with Gasteiger partial charge in [-0.2, -0.15) is 0 Å². The first-order valence-electron chi connectivity index (χ1n) is 10.1. The Balaban J connectivity index is 1.60. The number of rotatable bonds is 5. The number of benzene rings is 2. The third kappa shape index (κ3) is 4.65. The molecular weight excluding hydrogens is 414 g/mol. The maximum atomic E-state index is 12.7. The van der Waals surface area contributed by atoms with Crippen molar-refractivity contribution in [1.82, 2.24) is 9.88 Å². The van der Waals surface area contributed by atoms with Gasteiger partial charge in [0, 0.05) is 29.2 Å². The third-order valence-electron chi connectivity index (χ3n) is 5.23. The number of ether oxygens (including phenoxy) is 2. The number of aromatic nitrogens is 1. The predicted octanol–water partition coefficient (Wildman–Crippen LogP) is 3.11. The molecule has 8 heteroatoms. The largest absolute Gasteiger partial charge is 0.486 e. The molecule has 1 aliphatic rings. The molecule has 31 heavy (non-hydrogen) atoms. The standard InChI is InChI=1S/C23H25N3O4S/c1-14-3-4-18(15(2)9-14)25-23(31)26(5-6-27)13-17-10-16-11-20-21(30-8-7-29-20)12-19(16)24-22(17)28/h3-4,9-12,27H,5-8,13H2,1-2H3,(H,24,28)(H,25,31). The lowest BCUT2D eigenvalue weighted by atomic mass is 10.1. The van der Waals surface area contributed by atoms with Gasteiger partial charge in [0.1, 0.15) is 13.2 Å². The maximum absolute atomic E-state index is 12.7. The monoisotopic (exact) mass is 439 g/mol. The number of aliphatic hydroxyl groups excluding tert-OH is 1. The van der Waals surface area contributed by atoms with Gasteiger partial charge in [-0.1, -0.05) is 17.7 Å². The highest BCUT2D eigenvalue weighted by Crippen LogP contribution is 2.33. The molecule has 162 valence electrons. The van der Waals surface area contributed by atoms with E-state index >= 15 is 0 Å². The molecule has 0 radical (unpaired) electrons. The van der Waals surface area contributed by atoms with Crippen LogP contribution >= 0.6 is 12.2 Å². The van der Waals surface area contributed by atoms with Crippen molar-refractivity contribution in [3.8, 4) is 11.5 Å². The first kappa shape index (κ1) is 21.1. The molecule has 1 aliphatic heterocycles. The van der Waals surface area contributed by atoms with Crippen LogP contribution in [-0.2, 0) is 6.54 Å². The molecule has 3 aromatic rings. The first-order chi connectivity index (χ1) is 14.9. The van der Waals surface area contributed by atoms with Crippen LogP contribution in [0.3, 0.4) is 0 Å². The van der Waals surface area contributed by atoms with Crippen LogP contribution in [0.25, 0.3) is 10.9 Å². The lowest BCUT2D eigenvalue weighted by molar-refractivity contribution is 0.172. The minimum atomic E-state index is -0.207. The number of fused-ring (bicyclic) bond motifs is 2. The molecule has 4 rings (SSSR count). The van der Waals surface area contributed by atoms with E-state index < -0.39 is 0 Å². The summed E-state index contributed by atoms with van der Waals surface area (Å²) in [6.07, 6.45) is 0. The second-order valence-electron chi connectivity index (χ2n) is 7.60. The zero-order chi connectivity index (χ0) is 22.0. The normalized spacial score (nSPS) is 12.6. The van der Waals surface area contributed by atoms with Crippen LogP contribution in [-0.4, -0.2) is 46.5 Å². The minimum Gasteiger partial charge on any atom is -0.486 e. The van der Waals surface area contributed by atoms with E-state index in [9.17, 15) is 9.90 Å². The number of thiocarbonyl (C=S) groups is 1. The second-order valence-corrected chi connectivity index (χ2v) is 7.99. The van der Waals surface area contributed by atoms with E-state index in [1.807, 2.05) is 38.1 Å². The van der Waals surface area contributed by atoms with Crippen LogP contribution in [0.2, 0.25) is 0 Å². The Kier molecular flexibility index (Phi) is 6.11. The quantitative estimate of drug-likeness (QED) is 0.527. The Labute approximate surface area is 185 Å². The highest BCUT2D eigenvalue weighted by atomic mass is 32.1. The summed E-state index contributed by atoms with van der Waals surface area (Å²) in [5.74, 6) is 1.29. The Morgan fingerprint density at radius 1 is 1.16 bits per heavy atom. The molecule has 0 unspecified atom stereocenters. The number of pyridine rings is 1. The minimum absolute atomic E-state index is 0.0845. The van der Waals surface area contributed by atoms with Crippen molar-refractivity contribution in [3.05, 3.63) is 63.4 Å². The van der Waals surface area contributed by atoms with Gasteiger partial charge < -0.3 is 29.8 Å². The summed E-state index contributed by atoms with van der Waals surface area (Å²) >= 11 is 5.59. The molecule has 0 spiro atoms. The summed E-state index contributed by atoms with van der Waals surface area (Å²) < 4.78 is 11.2. The van der Waals surface area contributed by atoms with Gasteiger partial charge in [-0.05, 0) is 49.8 Å². The van der Waals surface area contributed by atoms with E-state index in [0.717, 1.165) is 16.6 Å². The van der Waals surface area contributed by atoms with Crippen molar-refractivity contribution in [1.29, 1.82) is 0 Å². The number of aromatic amines is 1. The number of anilines is 1. The molecule has 2 heterocycles. The highest BCUT2D eigenvalue weighted by Gasteiger charge is 2.17. The number of H-pyrrole nitrogens is 1. The van der Waals surface area contributed by atoms with Crippen molar-refractivity contribution in [2.45, 2.75) is 20.4 Å². The summed E-state index contributed by atoms with van der Waals surface area (Å²) in [5.41, 5.74) is 4.16. The zero-order valence-corrected chi connectivity index (χ0v) is 18.3. The number of aryl methyl sites for hydroxylation is 2. The number of hydrogen-bond donors (Lipinski definition) is 3. The lowest BCUT2D eigenvalue weighted by Crippen LogP contribution is -2.38. The zero-order valence-electron chi connectivity index (χ0n) is 17.5. The molecule has 0 bridgehead atoms. The van der Waals surface area contributed by atoms with Crippen molar-refractivity contribution in [2.75, 3.05) is 31.7 Å². The molecule has 0 amide bonds. The van der Waals surface area contributed by atoms with Gasteiger partial charge in [0.25, 0.3) is 5.56 Å². The van der Waals surface area contributed by atoms with Gasteiger partial charge in [-0.25, -0.2) is 0 Å². The van der Waals surface area contributed by atoms with Gasteiger partial charge in [-0.3, -0.25) is 4.79 Å². The van der Waals surface area contributed by atoms with E-state index in [1.54, 1.807) is 11.0 Å². The average Bonchev–Trinajstić information content (AvgIpc) is 2.74. The predicted molar refractivity (Wildman–Crippen MR) is 125 cm³/mol. The van der Waals surface area contributed by atoms with Gasteiger partial charge in [0.15, 0.2) is 16.6 Å². The Bertz CT molecular complexity index is 1190. The van der Waals surface area contributed by atoms with Crippen LogP contribution in [0.5, 0.6) is 11.5 Å². The molecule has 0 saturated heterocycles. The number of nitrogens with zero attached hydrogens (tertiary/aromatic N) is 1. The lowest BCUT2D eigenvalue weighted by Gasteiger charge is -2.26. The van der Waals surface area contributed by atoms with E-state index in [2.05, 4.69) is 16.4 Å². The summed E-state index contributed by atoms with van der Waals surface area (Å²) in [7, 11) is 0. The fourth-order valence-electron chi connectivity index (χ4n) is 3.63. The number of hydrogen-bond acceptors (Lipinski definition) is 5. The number of aliphatic hydroxyl groups is 1. The van der Waals surface area contributed by atoms with E-state index in [-0.39, 0.29) is 18.7 Å². The van der Waals surface area contributed by atoms with E-state index in [1.165, 1.54) is 5.56 Å². The van der Waals surface area contributed by atoms with Crippen LogP contribution in [0.15, 0.2) is 41.2 Å². The summed E-state index contributed by atoms with van der Waals surface area (Å²) in [6, 6.07) is 11.5. The summed E-state index contributed by atoms with van der Waals surface area (Å²) in [4.78, 5) is 17.4. The maximum Gasteiger partial charge on any atom is 0.253 e. The van der Waals surface area contributed by atoms with E-state index in [0.29, 0.717) is 47.5 Å². The molecular formula is C23H25N3O4S. The summed E-state index contributed by atoms with van der Waals surface area (Å²) in [5, 5.41) is 14.1. The van der Waals surface area contributed by atoms with Gasteiger partial charge in [-0.15, -0.1) is 0 Å². The fourth-order valence-corrected chi connectivity index (χ4v) is 3.90. The third-order valence-corrected chi connectivity index (χ3v) is 5.59. The SMILES string of the molecule is Cc1ccc(NC(=S)N(CCO)Cc2cc3cc4c(cc3[nH]c2=O)OCCO4)c(C)c1. The molecule has 0 fully saturated rings. The Morgan fingerprint density at radius 3 is 2.61 bits per heavy atom. The number of nitrogens with one attached hydrogen (secondary N) is 2. The van der Waals surface area contributed by atoms with Crippen molar-refractivity contribution >= 4 is 33.9 Å². The first-order valence-corrected chi connectivity index (χ1v) is 10.5. The molecule has 7 nitrogen and oxygen atoms in total. The van der Waals surface area contributed by atoms with Crippen LogP contribution in [0.1, 0.15) is 16.7 Å². The molecule has 2 aromatic carbocycles. The van der Waals surface area contributed by atoms with Crippen LogP contribution < -0.4 is 20.3 Å². The van der Waals surface area contributed by atoms with Crippen LogP contribution in [0, 0.1) is 13.8 Å². The Hall–Kier alpha value is -3.10. The van der Waals surface area contributed by atoms with Gasteiger partial charge in [0.2, 0.25) is 0 Å². The molecule has 0 aliphatic carbocycles. The molecule has 0 saturated carbocycles. The molecule has 1 aromatic heterocycles. The van der Waals surface area contributed by atoms with Gasteiger partial charge in [0.05, 0.1) is 18.7 Å². The highest BCUT2D eigenvalue weighted by molar-refractivity contribution is 7.80. The smallest absolute Gasteiger partial charge is 0.253 e. The van der Waals surface area contributed by atoms with Gasteiger partial charge >= 0.3 is 0 Å². The van der Waals surface area contributed by atoms with E-state index in [4.69, 9.17) is 21.7 Å². The summed E-state index contributed by atoms with van der Waals surface area (Å²) in [6.45, 7) is 5.51. The average molecular weight is 440 g/mol. The second kappa shape index (κ2) is 8.95. The fraction of sp³-hybridized carbons (Fsp3) is 0.304. The van der Waals surface area contributed by atoms with Crippen molar-refractivity contribution in [2.24, 2.45) is 0 Å². The van der Waals surface area contributed by atoms with Crippen molar-refractivity contribution < 1.29 is 14.6 Å². The van der Waals surface area contributed by atoms with Crippen LogP contribution in [0.4, 0.5) is 5.69 Å². The molecule has 0 atom stereocenters. The Morgan fingerprint density at radius 2 is 1.90 bits per heavy atom.